The van der Waals surface area contributed by atoms with Gasteiger partial charge in [-0.1, -0.05) is 41.7 Å². The fourth-order valence-electron chi connectivity index (χ4n) is 3.36. The minimum atomic E-state index is 0.372. The largest absolute Gasteiger partial charge is 0.339 e. The maximum absolute atomic E-state index is 4.47. The first-order valence-corrected chi connectivity index (χ1v) is 9.15. The number of hydrogen-bond acceptors (Lipinski definition) is 5. The summed E-state index contributed by atoms with van der Waals surface area (Å²) in [6.07, 6.45) is 5.19. The maximum atomic E-state index is 4.47. The molecular formula is C18H21N5S. The van der Waals surface area contributed by atoms with Crippen LogP contribution >= 0.6 is 11.3 Å². The molecule has 2 aromatic heterocycles. The fourth-order valence-corrected chi connectivity index (χ4v) is 4.31. The molecule has 124 valence electrons. The lowest BCUT2D eigenvalue weighted by Gasteiger charge is -2.23. The average molecular weight is 339 g/mol. The van der Waals surface area contributed by atoms with Crippen LogP contribution in [0.25, 0.3) is 0 Å². The molecule has 1 aromatic carbocycles. The van der Waals surface area contributed by atoms with Gasteiger partial charge in [-0.25, -0.2) is 0 Å². The summed E-state index contributed by atoms with van der Waals surface area (Å²) in [6.45, 7) is 3.18. The predicted octanol–water partition coefficient (Wildman–Crippen LogP) is 3.51. The second-order valence-corrected chi connectivity index (χ2v) is 7.34. The molecule has 1 unspecified atom stereocenters. The first-order valence-electron chi connectivity index (χ1n) is 8.34. The van der Waals surface area contributed by atoms with Crippen LogP contribution in [0.3, 0.4) is 0 Å². The zero-order valence-electron chi connectivity index (χ0n) is 14.0. The first kappa shape index (κ1) is 15.3. The van der Waals surface area contributed by atoms with Crippen LogP contribution in [-0.2, 0) is 13.5 Å². The van der Waals surface area contributed by atoms with E-state index in [1.54, 1.807) is 11.3 Å². The molecule has 4 rings (SSSR count). The van der Waals surface area contributed by atoms with Crippen LogP contribution in [0.5, 0.6) is 0 Å². The molecule has 0 spiro atoms. The number of benzene rings is 1. The van der Waals surface area contributed by atoms with Crippen molar-refractivity contribution in [1.29, 1.82) is 0 Å². The first-order chi connectivity index (χ1) is 11.7. The highest BCUT2D eigenvalue weighted by atomic mass is 32.1. The van der Waals surface area contributed by atoms with Crippen molar-refractivity contribution in [3.63, 3.8) is 0 Å². The molecule has 1 aliphatic rings. The predicted molar refractivity (Wildman–Crippen MR) is 96.4 cm³/mol. The topological polar surface area (TPSA) is 46.8 Å². The van der Waals surface area contributed by atoms with Crippen LogP contribution in [0.4, 0.5) is 5.13 Å². The molecular weight excluding hydrogens is 318 g/mol. The Bertz CT molecular complexity index is 823. The lowest BCUT2D eigenvalue weighted by Crippen LogP contribution is -2.22. The molecule has 0 amide bonds. The Labute approximate surface area is 146 Å². The molecule has 0 N–H and O–H groups in total. The molecule has 24 heavy (non-hydrogen) atoms. The van der Waals surface area contributed by atoms with Crippen molar-refractivity contribution < 1.29 is 0 Å². The molecule has 0 saturated carbocycles. The summed E-state index contributed by atoms with van der Waals surface area (Å²) in [7, 11) is 2.00. The van der Waals surface area contributed by atoms with E-state index < -0.39 is 0 Å². The second-order valence-electron chi connectivity index (χ2n) is 6.30. The molecule has 1 saturated heterocycles. The maximum Gasteiger partial charge on any atom is 0.208 e. The number of nitrogens with zero attached hydrogens (tertiary/aromatic N) is 5. The van der Waals surface area contributed by atoms with Crippen molar-refractivity contribution in [3.8, 4) is 0 Å². The van der Waals surface area contributed by atoms with Gasteiger partial charge in [-0.3, -0.25) is 4.68 Å². The number of aromatic nitrogens is 4. The van der Waals surface area contributed by atoms with Gasteiger partial charge in [0.2, 0.25) is 5.13 Å². The Kier molecular flexibility index (Phi) is 4.06. The molecule has 0 radical (unpaired) electrons. The average Bonchev–Trinajstić information content (AvgIpc) is 3.30. The van der Waals surface area contributed by atoms with E-state index >= 15 is 0 Å². The Morgan fingerprint density at radius 3 is 2.79 bits per heavy atom. The van der Waals surface area contributed by atoms with Gasteiger partial charge >= 0.3 is 0 Å². The van der Waals surface area contributed by atoms with Crippen molar-refractivity contribution in [2.45, 2.75) is 32.2 Å². The van der Waals surface area contributed by atoms with Crippen LogP contribution in [0, 0.1) is 6.92 Å². The zero-order chi connectivity index (χ0) is 16.5. The molecule has 1 atom stereocenters. The van der Waals surface area contributed by atoms with Crippen LogP contribution in [0.1, 0.15) is 40.7 Å². The Hall–Kier alpha value is -2.21. The third kappa shape index (κ3) is 2.82. The smallest absolute Gasteiger partial charge is 0.208 e. The van der Waals surface area contributed by atoms with Crippen molar-refractivity contribution >= 4 is 16.5 Å². The number of hydrogen-bond donors (Lipinski definition) is 0. The minimum Gasteiger partial charge on any atom is -0.339 e. The van der Waals surface area contributed by atoms with Gasteiger partial charge in [0.1, 0.15) is 5.01 Å². The minimum absolute atomic E-state index is 0.372. The van der Waals surface area contributed by atoms with E-state index in [0.717, 1.165) is 29.5 Å². The van der Waals surface area contributed by atoms with E-state index in [9.17, 15) is 0 Å². The Balaban J connectivity index is 1.56. The molecule has 1 aliphatic heterocycles. The Morgan fingerprint density at radius 2 is 2.04 bits per heavy atom. The van der Waals surface area contributed by atoms with Gasteiger partial charge in [-0.15, -0.1) is 10.2 Å². The van der Waals surface area contributed by atoms with Crippen LogP contribution in [-0.4, -0.2) is 26.5 Å². The molecule has 3 aromatic rings. The van der Waals surface area contributed by atoms with Gasteiger partial charge < -0.3 is 4.90 Å². The van der Waals surface area contributed by atoms with Gasteiger partial charge in [0.15, 0.2) is 0 Å². The quantitative estimate of drug-likeness (QED) is 0.730. The summed E-state index contributed by atoms with van der Waals surface area (Å²) in [5.74, 6) is 0. The van der Waals surface area contributed by atoms with Crippen molar-refractivity contribution in [3.05, 3.63) is 58.4 Å². The number of rotatable bonds is 4. The standard InChI is InChI=1S/C18H21N5S/c1-13-15(12-19-22(13)2)16-9-6-10-23(16)18-21-20-17(24-18)11-14-7-4-3-5-8-14/h3-5,7-8,12,16H,6,9-11H2,1-2H3. The highest BCUT2D eigenvalue weighted by Crippen LogP contribution is 2.38. The summed E-state index contributed by atoms with van der Waals surface area (Å²) in [5.41, 5.74) is 3.83. The van der Waals surface area contributed by atoms with E-state index in [4.69, 9.17) is 0 Å². The van der Waals surface area contributed by atoms with Gasteiger partial charge in [-0.2, -0.15) is 5.10 Å². The van der Waals surface area contributed by atoms with Gasteiger partial charge in [0.25, 0.3) is 0 Å². The lowest BCUT2D eigenvalue weighted by atomic mass is 10.1. The van der Waals surface area contributed by atoms with Crippen molar-refractivity contribution in [2.75, 3.05) is 11.4 Å². The van der Waals surface area contributed by atoms with Crippen molar-refractivity contribution in [1.82, 2.24) is 20.0 Å². The van der Waals surface area contributed by atoms with E-state index in [1.807, 2.05) is 24.0 Å². The van der Waals surface area contributed by atoms with E-state index in [0.29, 0.717) is 6.04 Å². The van der Waals surface area contributed by atoms with Crippen molar-refractivity contribution in [2.24, 2.45) is 7.05 Å². The third-order valence-electron chi connectivity index (χ3n) is 4.79. The monoisotopic (exact) mass is 339 g/mol. The number of aryl methyl sites for hydroxylation is 1. The second kappa shape index (κ2) is 6.36. The summed E-state index contributed by atoms with van der Waals surface area (Å²) >= 11 is 1.71. The van der Waals surface area contributed by atoms with Crippen LogP contribution < -0.4 is 4.90 Å². The summed E-state index contributed by atoms with van der Waals surface area (Å²) in [4.78, 5) is 2.40. The fraction of sp³-hybridized carbons (Fsp3) is 0.389. The highest BCUT2D eigenvalue weighted by molar-refractivity contribution is 7.15. The molecule has 5 nitrogen and oxygen atoms in total. The number of anilines is 1. The lowest BCUT2D eigenvalue weighted by molar-refractivity contribution is 0.695. The SMILES string of the molecule is Cc1c(C2CCCN2c2nnc(Cc3ccccc3)s2)cnn1C. The summed E-state index contributed by atoms with van der Waals surface area (Å²) in [6, 6.07) is 10.8. The van der Waals surface area contributed by atoms with Gasteiger partial charge in [0, 0.05) is 31.3 Å². The van der Waals surface area contributed by atoms with Crippen LogP contribution in [0.2, 0.25) is 0 Å². The highest BCUT2D eigenvalue weighted by Gasteiger charge is 2.30. The normalized spacial score (nSPS) is 17.6. The van der Waals surface area contributed by atoms with Gasteiger partial charge in [0.05, 0.1) is 12.2 Å². The summed E-state index contributed by atoms with van der Waals surface area (Å²) < 4.78 is 1.95. The van der Waals surface area contributed by atoms with E-state index in [2.05, 4.69) is 51.4 Å². The van der Waals surface area contributed by atoms with Gasteiger partial charge in [-0.05, 0) is 25.3 Å². The molecule has 0 aliphatic carbocycles. The van der Waals surface area contributed by atoms with E-state index in [1.165, 1.54) is 23.2 Å². The third-order valence-corrected chi connectivity index (χ3v) is 5.75. The molecule has 0 bridgehead atoms. The Morgan fingerprint density at radius 1 is 1.21 bits per heavy atom. The van der Waals surface area contributed by atoms with E-state index in [-0.39, 0.29) is 0 Å². The molecule has 3 heterocycles. The summed E-state index contributed by atoms with van der Waals surface area (Å²) in [5, 5.41) is 15.4. The van der Waals surface area contributed by atoms with Crippen LogP contribution in [0.15, 0.2) is 36.5 Å². The molecule has 6 heteroatoms. The zero-order valence-corrected chi connectivity index (χ0v) is 14.8. The molecule has 1 fully saturated rings.